The molecule has 1 aliphatic heterocycles. The number of ether oxygens (including phenoxy) is 1. The van der Waals surface area contributed by atoms with Gasteiger partial charge in [-0.15, -0.1) is 0 Å². The van der Waals surface area contributed by atoms with Gasteiger partial charge in [0.1, 0.15) is 11.9 Å². The van der Waals surface area contributed by atoms with Crippen LogP contribution in [0.5, 0.6) is 5.75 Å². The lowest BCUT2D eigenvalue weighted by Gasteiger charge is -2.29. The summed E-state index contributed by atoms with van der Waals surface area (Å²) in [6, 6.07) is 5.92. The molecule has 3 heteroatoms. The topological polar surface area (TPSA) is 38.5 Å². The summed E-state index contributed by atoms with van der Waals surface area (Å²) in [6.07, 6.45) is 2.55. The number of nitrogens with two attached hydrogens (primary N) is 1. The van der Waals surface area contributed by atoms with Crippen molar-refractivity contribution in [2.45, 2.75) is 25.9 Å². The van der Waals surface area contributed by atoms with E-state index in [1.807, 2.05) is 19.1 Å². The fourth-order valence-electron chi connectivity index (χ4n) is 2.14. The molecule has 1 aromatic rings. The minimum absolute atomic E-state index is 0.345. The zero-order chi connectivity index (χ0) is 11.5. The van der Waals surface area contributed by atoms with Gasteiger partial charge in [0.15, 0.2) is 0 Å². The van der Waals surface area contributed by atoms with E-state index in [0.29, 0.717) is 6.10 Å². The van der Waals surface area contributed by atoms with Gasteiger partial charge in [-0.3, -0.25) is 0 Å². The summed E-state index contributed by atoms with van der Waals surface area (Å²) in [5.74, 6) is 0.909. The average Bonchev–Trinajstić information content (AvgIpc) is 2.20. The first kappa shape index (κ1) is 11.3. The molecule has 1 aromatic carbocycles. The van der Waals surface area contributed by atoms with Crippen molar-refractivity contribution in [1.82, 2.24) is 4.90 Å². The average molecular weight is 220 g/mol. The third kappa shape index (κ3) is 2.89. The number of piperidine rings is 1. The molecule has 0 atom stereocenters. The van der Waals surface area contributed by atoms with Crippen LogP contribution in [0.15, 0.2) is 18.2 Å². The Hall–Kier alpha value is -1.22. The standard InChI is InChI=1S/C13H20N2O/c1-10-7-11(14)9-13(8-10)16-12-3-5-15(2)6-4-12/h7-9,12H,3-6,14H2,1-2H3. The summed E-state index contributed by atoms with van der Waals surface area (Å²) in [5, 5.41) is 0. The minimum Gasteiger partial charge on any atom is -0.490 e. The first-order valence-corrected chi connectivity index (χ1v) is 5.86. The van der Waals surface area contributed by atoms with Crippen LogP contribution < -0.4 is 10.5 Å². The first-order chi connectivity index (χ1) is 7.63. The van der Waals surface area contributed by atoms with Gasteiger partial charge in [0.05, 0.1) is 0 Å². The molecule has 88 valence electrons. The van der Waals surface area contributed by atoms with Gasteiger partial charge in [-0.2, -0.15) is 0 Å². The maximum atomic E-state index is 5.96. The molecule has 0 amide bonds. The Balaban J connectivity index is 1.98. The summed E-state index contributed by atoms with van der Waals surface area (Å²) >= 11 is 0. The molecule has 0 bridgehead atoms. The van der Waals surface area contributed by atoms with Gasteiger partial charge in [0.25, 0.3) is 0 Å². The van der Waals surface area contributed by atoms with Crippen LogP contribution in [0, 0.1) is 6.92 Å². The van der Waals surface area contributed by atoms with Gasteiger partial charge >= 0.3 is 0 Å². The highest BCUT2D eigenvalue weighted by molar-refractivity contribution is 5.47. The van der Waals surface area contributed by atoms with E-state index in [-0.39, 0.29) is 0 Å². The zero-order valence-electron chi connectivity index (χ0n) is 10.1. The number of hydrogen-bond acceptors (Lipinski definition) is 3. The van der Waals surface area contributed by atoms with Gasteiger partial charge in [-0.05, 0) is 44.5 Å². The lowest BCUT2D eigenvalue weighted by atomic mass is 10.1. The highest BCUT2D eigenvalue weighted by Gasteiger charge is 2.17. The third-order valence-electron chi connectivity index (χ3n) is 3.04. The molecule has 1 fully saturated rings. The van der Waals surface area contributed by atoms with Gasteiger partial charge in [-0.1, -0.05) is 0 Å². The Morgan fingerprint density at radius 3 is 2.56 bits per heavy atom. The fourth-order valence-corrected chi connectivity index (χ4v) is 2.14. The Kier molecular flexibility index (Phi) is 3.34. The summed E-state index contributed by atoms with van der Waals surface area (Å²) in [6.45, 7) is 4.27. The second-order valence-corrected chi connectivity index (χ2v) is 4.70. The van der Waals surface area contributed by atoms with E-state index < -0.39 is 0 Å². The van der Waals surface area contributed by atoms with E-state index in [2.05, 4.69) is 18.0 Å². The molecular formula is C13H20N2O. The van der Waals surface area contributed by atoms with E-state index in [1.165, 1.54) is 0 Å². The molecule has 1 saturated heterocycles. The number of benzene rings is 1. The van der Waals surface area contributed by atoms with Crippen molar-refractivity contribution in [3.05, 3.63) is 23.8 Å². The predicted octanol–water partition coefficient (Wildman–Crippen LogP) is 2.05. The van der Waals surface area contributed by atoms with Gasteiger partial charge < -0.3 is 15.4 Å². The summed E-state index contributed by atoms with van der Waals surface area (Å²) < 4.78 is 5.96. The molecule has 0 saturated carbocycles. The number of rotatable bonds is 2. The van der Waals surface area contributed by atoms with Crippen molar-refractivity contribution in [1.29, 1.82) is 0 Å². The number of nitrogens with zero attached hydrogens (tertiary/aromatic N) is 1. The van der Waals surface area contributed by atoms with Crippen LogP contribution in [0.3, 0.4) is 0 Å². The van der Waals surface area contributed by atoms with Crippen LogP contribution in [0.2, 0.25) is 0 Å². The summed E-state index contributed by atoms with van der Waals surface area (Å²) in [5.41, 5.74) is 7.73. The number of anilines is 1. The largest absolute Gasteiger partial charge is 0.490 e. The van der Waals surface area contributed by atoms with Gasteiger partial charge in [0, 0.05) is 24.8 Å². The molecule has 0 spiro atoms. The van der Waals surface area contributed by atoms with Crippen LogP contribution in [-0.2, 0) is 0 Å². The maximum Gasteiger partial charge on any atom is 0.122 e. The van der Waals surface area contributed by atoms with E-state index in [1.54, 1.807) is 0 Å². The van der Waals surface area contributed by atoms with Crippen molar-refractivity contribution in [3.63, 3.8) is 0 Å². The maximum absolute atomic E-state index is 5.96. The smallest absolute Gasteiger partial charge is 0.122 e. The van der Waals surface area contributed by atoms with Crippen LogP contribution in [0.1, 0.15) is 18.4 Å². The Morgan fingerprint density at radius 1 is 1.25 bits per heavy atom. The Morgan fingerprint density at radius 2 is 1.94 bits per heavy atom. The lowest BCUT2D eigenvalue weighted by molar-refractivity contribution is 0.114. The highest BCUT2D eigenvalue weighted by atomic mass is 16.5. The van der Waals surface area contributed by atoms with Crippen LogP contribution in [0.25, 0.3) is 0 Å². The van der Waals surface area contributed by atoms with Crippen LogP contribution in [-0.4, -0.2) is 31.1 Å². The number of nitrogen functional groups attached to an aromatic ring is 1. The lowest BCUT2D eigenvalue weighted by Crippen LogP contribution is -2.35. The van der Waals surface area contributed by atoms with Crippen molar-refractivity contribution >= 4 is 5.69 Å². The Labute approximate surface area is 97.2 Å². The molecule has 0 unspecified atom stereocenters. The van der Waals surface area contributed by atoms with Crippen molar-refractivity contribution < 1.29 is 4.74 Å². The van der Waals surface area contributed by atoms with Crippen molar-refractivity contribution in [2.24, 2.45) is 0 Å². The molecule has 0 radical (unpaired) electrons. The molecule has 2 N–H and O–H groups in total. The van der Waals surface area contributed by atoms with E-state index in [9.17, 15) is 0 Å². The van der Waals surface area contributed by atoms with Gasteiger partial charge in [-0.25, -0.2) is 0 Å². The SMILES string of the molecule is Cc1cc(N)cc(OC2CCN(C)CC2)c1. The third-order valence-corrected chi connectivity index (χ3v) is 3.04. The highest BCUT2D eigenvalue weighted by Crippen LogP contribution is 2.22. The number of likely N-dealkylation sites (tertiary alicyclic amines) is 1. The molecule has 0 aromatic heterocycles. The monoisotopic (exact) mass is 220 g/mol. The predicted molar refractivity (Wildman–Crippen MR) is 66.7 cm³/mol. The van der Waals surface area contributed by atoms with E-state index in [0.717, 1.165) is 42.9 Å². The molecule has 1 heterocycles. The quantitative estimate of drug-likeness (QED) is 0.775. The normalized spacial score (nSPS) is 18.6. The zero-order valence-corrected chi connectivity index (χ0v) is 10.1. The molecule has 2 rings (SSSR count). The van der Waals surface area contributed by atoms with E-state index >= 15 is 0 Å². The minimum atomic E-state index is 0.345. The van der Waals surface area contributed by atoms with Gasteiger partial charge in [0.2, 0.25) is 0 Å². The summed E-state index contributed by atoms with van der Waals surface area (Å²) in [4.78, 5) is 2.34. The van der Waals surface area contributed by atoms with Crippen LogP contribution >= 0.6 is 0 Å². The molecule has 1 aliphatic rings. The summed E-state index contributed by atoms with van der Waals surface area (Å²) in [7, 11) is 2.15. The second kappa shape index (κ2) is 4.74. The van der Waals surface area contributed by atoms with Crippen molar-refractivity contribution in [2.75, 3.05) is 25.9 Å². The molecular weight excluding hydrogens is 200 g/mol. The Bertz CT molecular complexity index is 337. The fraction of sp³-hybridized carbons (Fsp3) is 0.538. The van der Waals surface area contributed by atoms with E-state index in [4.69, 9.17) is 10.5 Å². The number of hydrogen-bond donors (Lipinski definition) is 1. The van der Waals surface area contributed by atoms with Crippen molar-refractivity contribution in [3.8, 4) is 5.75 Å². The first-order valence-electron chi connectivity index (χ1n) is 5.86. The van der Waals surface area contributed by atoms with Crippen LogP contribution in [0.4, 0.5) is 5.69 Å². The second-order valence-electron chi connectivity index (χ2n) is 4.70. The molecule has 16 heavy (non-hydrogen) atoms. The molecule has 0 aliphatic carbocycles. The molecule has 3 nitrogen and oxygen atoms in total. The number of aryl methyl sites for hydroxylation is 1.